The standard InChI is InChI=1S/C12H16N2O4/c1-14(9-2-3-9)5-4-13-11(15)10-6-8(7-18-10)12(16)17/h6-7,9H,2-5H2,1H3,(H,13,15)(H,16,17). The van der Waals surface area contributed by atoms with Crippen molar-refractivity contribution in [2.24, 2.45) is 0 Å². The van der Waals surface area contributed by atoms with E-state index < -0.39 is 5.97 Å². The molecule has 1 aliphatic carbocycles. The number of amides is 1. The van der Waals surface area contributed by atoms with Gasteiger partial charge in [-0.25, -0.2) is 4.79 Å². The van der Waals surface area contributed by atoms with Gasteiger partial charge in [0.25, 0.3) is 5.91 Å². The van der Waals surface area contributed by atoms with Gasteiger partial charge in [-0.15, -0.1) is 0 Å². The van der Waals surface area contributed by atoms with E-state index in [0.717, 1.165) is 12.8 Å². The average molecular weight is 252 g/mol. The van der Waals surface area contributed by atoms with Gasteiger partial charge >= 0.3 is 5.97 Å². The third kappa shape index (κ3) is 3.10. The molecular formula is C12H16N2O4. The Bertz CT molecular complexity index is 451. The SMILES string of the molecule is CN(CCNC(=O)c1cc(C(=O)O)co1)C1CC1. The lowest BCUT2D eigenvalue weighted by Gasteiger charge is -2.15. The summed E-state index contributed by atoms with van der Waals surface area (Å²) in [4.78, 5) is 24.5. The molecule has 2 N–H and O–H groups in total. The highest BCUT2D eigenvalue weighted by molar-refractivity contribution is 5.95. The van der Waals surface area contributed by atoms with Crippen molar-refractivity contribution in [2.45, 2.75) is 18.9 Å². The van der Waals surface area contributed by atoms with Gasteiger partial charge in [0.1, 0.15) is 6.26 Å². The molecule has 0 aliphatic heterocycles. The smallest absolute Gasteiger partial charge is 0.338 e. The van der Waals surface area contributed by atoms with Crippen LogP contribution in [0.1, 0.15) is 33.8 Å². The maximum absolute atomic E-state index is 11.6. The number of rotatable bonds is 6. The summed E-state index contributed by atoms with van der Waals surface area (Å²) in [5.74, 6) is -1.46. The number of likely N-dealkylation sites (N-methyl/N-ethyl adjacent to an activating group) is 1. The summed E-state index contributed by atoms with van der Waals surface area (Å²) in [6.45, 7) is 1.30. The fourth-order valence-corrected chi connectivity index (χ4v) is 1.70. The van der Waals surface area contributed by atoms with Crippen LogP contribution in [0.25, 0.3) is 0 Å². The molecule has 1 heterocycles. The molecule has 0 spiro atoms. The van der Waals surface area contributed by atoms with E-state index in [1.807, 2.05) is 7.05 Å². The van der Waals surface area contributed by atoms with Crippen molar-refractivity contribution in [3.05, 3.63) is 23.7 Å². The highest BCUT2D eigenvalue weighted by Crippen LogP contribution is 2.24. The summed E-state index contributed by atoms with van der Waals surface area (Å²) in [5.41, 5.74) is -0.0183. The third-order valence-electron chi connectivity index (χ3n) is 2.99. The molecular weight excluding hydrogens is 236 g/mol. The second kappa shape index (κ2) is 5.22. The number of nitrogens with one attached hydrogen (secondary N) is 1. The molecule has 0 saturated heterocycles. The number of aromatic carboxylic acids is 1. The molecule has 18 heavy (non-hydrogen) atoms. The zero-order chi connectivity index (χ0) is 13.1. The molecule has 0 atom stereocenters. The van der Waals surface area contributed by atoms with Crippen molar-refractivity contribution < 1.29 is 19.1 Å². The Morgan fingerprint density at radius 3 is 2.83 bits per heavy atom. The van der Waals surface area contributed by atoms with Gasteiger partial charge in [-0.1, -0.05) is 0 Å². The van der Waals surface area contributed by atoms with Crippen molar-refractivity contribution in [3.8, 4) is 0 Å². The Morgan fingerprint density at radius 2 is 2.28 bits per heavy atom. The van der Waals surface area contributed by atoms with E-state index in [2.05, 4.69) is 10.2 Å². The first-order chi connectivity index (χ1) is 8.58. The topological polar surface area (TPSA) is 82.8 Å². The molecule has 0 unspecified atom stereocenters. The molecule has 1 aromatic rings. The highest BCUT2D eigenvalue weighted by atomic mass is 16.4. The van der Waals surface area contributed by atoms with Gasteiger partial charge in [0.2, 0.25) is 0 Å². The van der Waals surface area contributed by atoms with Crippen LogP contribution in [-0.2, 0) is 0 Å². The molecule has 1 saturated carbocycles. The second-order valence-corrected chi connectivity index (χ2v) is 4.47. The summed E-state index contributed by atoms with van der Waals surface area (Å²) < 4.78 is 4.90. The Balaban J connectivity index is 1.77. The van der Waals surface area contributed by atoms with Crippen molar-refractivity contribution in [1.29, 1.82) is 0 Å². The minimum Gasteiger partial charge on any atom is -0.478 e. The lowest BCUT2D eigenvalue weighted by molar-refractivity contribution is 0.0696. The molecule has 6 heteroatoms. The lowest BCUT2D eigenvalue weighted by atomic mass is 10.3. The van der Waals surface area contributed by atoms with Crippen LogP contribution < -0.4 is 5.32 Å². The van der Waals surface area contributed by atoms with Gasteiger partial charge in [-0.05, 0) is 19.9 Å². The van der Waals surface area contributed by atoms with Crippen LogP contribution >= 0.6 is 0 Å². The van der Waals surface area contributed by atoms with Crippen LogP contribution in [0, 0.1) is 0 Å². The summed E-state index contributed by atoms with van der Waals surface area (Å²) >= 11 is 0. The second-order valence-electron chi connectivity index (χ2n) is 4.47. The summed E-state index contributed by atoms with van der Waals surface area (Å²) in [6, 6.07) is 1.88. The van der Waals surface area contributed by atoms with Gasteiger partial charge in [-0.2, -0.15) is 0 Å². The quantitative estimate of drug-likeness (QED) is 0.782. The average Bonchev–Trinajstić information content (AvgIpc) is 3.05. The zero-order valence-electron chi connectivity index (χ0n) is 10.2. The van der Waals surface area contributed by atoms with E-state index in [1.54, 1.807) is 0 Å². The van der Waals surface area contributed by atoms with Gasteiger partial charge < -0.3 is 19.7 Å². The number of carbonyl (C=O) groups excluding carboxylic acids is 1. The van der Waals surface area contributed by atoms with Crippen LogP contribution in [0.15, 0.2) is 16.7 Å². The van der Waals surface area contributed by atoms with E-state index in [1.165, 1.54) is 18.9 Å². The molecule has 1 aromatic heterocycles. The number of carboxylic acids is 1. The first-order valence-corrected chi connectivity index (χ1v) is 5.88. The van der Waals surface area contributed by atoms with E-state index in [0.29, 0.717) is 12.6 Å². The Kier molecular flexibility index (Phi) is 3.66. The Labute approximate surface area is 105 Å². The number of furan rings is 1. The Hall–Kier alpha value is -1.82. The van der Waals surface area contributed by atoms with E-state index in [-0.39, 0.29) is 17.2 Å². The maximum atomic E-state index is 11.6. The molecule has 0 bridgehead atoms. The van der Waals surface area contributed by atoms with Gasteiger partial charge in [0, 0.05) is 25.2 Å². The van der Waals surface area contributed by atoms with Crippen LogP contribution in [0.4, 0.5) is 0 Å². The van der Waals surface area contributed by atoms with Gasteiger partial charge in [0.15, 0.2) is 5.76 Å². The molecule has 1 fully saturated rings. The molecule has 6 nitrogen and oxygen atoms in total. The molecule has 0 radical (unpaired) electrons. The molecule has 98 valence electrons. The van der Waals surface area contributed by atoms with Crippen molar-refractivity contribution in [1.82, 2.24) is 10.2 Å². The molecule has 0 aromatic carbocycles. The minimum absolute atomic E-state index is 0.0183. The first-order valence-electron chi connectivity index (χ1n) is 5.88. The van der Waals surface area contributed by atoms with Gasteiger partial charge in [-0.3, -0.25) is 4.79 Å². The van der Waals surface area contributed by atoms with E-state index >= 15 is 0 Å². The molecule has 1 aliphatic rings. The summed E-state index contributed by atoms with van der Waals surface area (Å²) in [7, 11) is 2.03. The first kappa shape index (κ1) is 12.6. The van der Waals surface area contributed by atoms with Crippen LogP contribution in [-0.4, -0.2) is 48.1 Å². The van der Waals surface area contributed by atoms with Crippen molar-refractivity contribution >= 4 is 11.9 Å². The molecule has 2 rings (SSSR count). The third-order valence-corrected chi connectivity index (χ3v) is 2.99. The fourth-order valence-electron chi connectivity index (χ4n) is 1.70. The minimum atomic E-state index is -1.11. The zero-order valence-corrected chi connectivity index (χ0v) is 10.2. The van der Waals surface area contributed by atoms with Crippen molar-refractivity contribution in [2.75, 3.05) is 20.1 Å². The number of nitrogens with zero attached hydrogens (tertiary/aromatic N) is 1. The predicted molar refractivity (Wildman–Crippen MR) is 63.7 cm³/mol. The van der Waals surface area contributed by atoms with Crippen LogP contribution in [0.2, 0.25) is 0 Å². The number of hydrogen-bond donors (Lipinski definition) is 2. The number of hydrogen-bond acceptors (Lipinski definition) is 4. The highest BCUT2D eigenvalue weighted by Gasteiger charge is 2.25. The predicted octanol–water partition coefficient (Wildman–Crippen LogP) is 0.802. The summed E-state index contributed by atoms with van der Waals surface area (Å²) in [5, 5.41) is 11.4. The lowest BCUT2D eigenvalue weighted by Crippen LogP contribution is -2.33. The maximum Gasteiger partial charge on any atom is 0.338 e. The van der Waals surface area contributed by atoms with Gasteiger partial charge in [0.05, 0.1) is 5.56 Å². The van der Waals surface area contributed by atoms with E-state index in [4.69, 9.17) is 9.52 Å². The Morgan fingerprint density at radius 1 is 1.56 bits per heavy atom. The van der Waals surface area contributed by atoms with E-state index in [9.17, 15) is 9.59 Å². The van der Waals surface area contributed by atoms with Crippen LogP contribution in [0.5, 0.6) is 0 Å². The van der Waals surface area contributed by atoms with Crippen LogP contribution in [0.3, 0.4) is 0 Å². The number of carboxylic acid groups (broad SMARTS) is 1. The largest absolute Gasteiger partial charge is 0.478 e. The number of carbonyl (C=O) groups is 2. The normalized spacial score (nSPS) is 14.8. The molecule has 1 amide bonds. The van der Waals surface area contributed by atoms with Crippen molar-refractivity contribution in [3.63, 3.8) is 0 Å². The fraction of sp³-hybridized carbons (Fsp3) is 0.500. The monoisotopic (exact) mass is 252 g/mol. The summed E-state index contributed by atoms with van der Waals surface area (Å²) in [6.07, 6.45) is 3.52.